The van der Waals surface area contributed by atoms with Crippen molar-refractivity contribution in [2.75, 3.05) is 6.61 Å². The Bertz CT molecular complexity index is 506. The molecule has 3 heteroatoms. The molecule has 0 aromatic heterocycles. The van der Waals surface area contributed by atoms with Gasteiger partial charge in [-0.05, 0) is 29.8 Å². The molecule has 0 saturated carbocycles. The van der Waals surface area contributed by atoms with Gasteiger partial charge in [-0.1, -0.05) is 30.3 Å². The van der Waals surface area contributed by atoms with Crippen LogP contribution >= 0.6 is 0 Å². The maximum atomic E-state index is 12.7. The highest BCUT2D eigenvalue weighted by Gasteiger charge is 2.04. The molecule has 0 unspecified atom stereocenters. The first-order valence-electron chi connectivity index (χ1n) is 5.68. The fourth-order valence-electron chi connectivity index (χ4n) is 1.57. The first kappa shape index (κ1) is 12.3. The minimum Gasteiger partial charge on any atom is -0.486 e. The molecule has 2 nitrogen and oxygen atoms in total. The van der Waals surface area contributed by atoms with Gasteiger partial charge in [0.15, 0.2) is 5.78 Å². The zero-order chi connectivity index (χ0) is 12.8. The molecular weight excluding hydrogens is 231 g/mol. The van der Waals surface area contributed by atoms with Crippen LogP contribution in [0.25, 0.3) is 0 Å². The molecule has 18 heavy (non-hydrogen) atoms. The van der Waals surface area contributed by atoms with Crippen LogP contribution in [0.1, 0.15) is 5.56 Å². The van der Waals surface area contributed by atoms with Gasteiger partial charge in [0, 0.05) is 6.42 Å². The molecule has 0 N–H and O–H groups in total. The van der Waals surface area contributed by atoms with Gasteiger partial charge in [-0.2, -0.15) is 0 Å². The van der Waals surface area contributed by atoms with E-state index in [-0.39, 0.29) is 18.2 Å². The Balaban J connectivity index is 1.83. The highest BCUT2D eigenvalue weighted by molar-refractivity contribution is 5.82. The highest BCUT2D eigenvalue weighted by Crippen LogP contribution is 2.11. The number of ketones is 1. The van der Waals surface area contributed by atoms with E-state index in [0.717, 1.165) is 5.56 Å². The van der Waals surface area contributed by atoms with Gasteiger partial charge in [0.25, 0.3) is 0 Å². The van der Waals surface area contributed by atoms with Crippen molar-refractivity contribution in [3.8, 4) is 5.75 Å². The number of carbonyl (C=O) groups excluding carboxylic acids is 1. The number of ether oxygens (including phenoxy) is 1. The Hall–Kier alpha value is -2.16. The van der Waals surface area contributed by atoms with Crippen LogP contribution in [0, 0.1) is 5.82 Å². The fraction of sp³-hybridized carbons (Fsp3) is 0.133. The van der Waals surface area contributed by atoms with Crippen molar-refractivity contribution in [2.45, 2.75) is 6.42 Å². The van der Waals surface area contributed by atoms with Crippen molar-refractivity contribution >= 4 is 5.78 Å². The number of rotatable bonds is 5. The lowest BCUT2D eigenvalue weighted by molar-refractivity contribution is -0.120. The summed E-state index contributed by atoms with van der Waals surface area (Å²) in [5.74, 6) is 0.168. The van der Waals surface area contributed by atoms with Gasteiger partial charge >= 0.3 is 0 Å². The highest BCUT2D eigenvalue weighted by atomic mass is 19.1. The second-order valence-corrected chi connectivity index (χ2v) is 3.94. The van der Waals surface area contributed by atoms with Crippen LogP contribution in [0.5, 0.6) is 5.75 Å². The van der Waals surface area contributed by atoms with Crippen LogP contribution < -0.4 is 4.74 Å². The van der Waals surface area contributed by atoms with Crippen molar-refractivity contribution in [3.05, 3.63) is 66.0 Å². The van der Waals surface area contributed by atoms with E-state index in [1.165, 1.54) is 24.3 Å². The lowest BCUT2D eigenvalue weighted by atomic mass is 10.1. The second kappa shape index (κ2) is 5.96. The van der Waals surface area contributed by atoms with Crippen LogP contribution in [0.2, 0.25) is 0 Å². The van der Waals surface area contributed by atoms with Crippen molar-refractivity contribution in [1.29, 1.82) is 0 Å². The Labute approximate surface area is 105 Å². The number of benzene rings is 2. The van der Waals surface area contributed by atoms with Crippen molar-refractivity contribution in [3.63, 3.8) is 0 Å². The van der Waals surface area contributed by atoms with Crippen LogP contribution in [-0.2, 0) is 11.2 Å². The molecule has 0 aliphatic carbocycles. The molecular formula is C15H13FO2. The third-order valence-corrected chi connectivity index (χ3v) is 2.46. The second-order valence-electron chi connectivity index (χ2n) is 3.94. The van der Waals surface area contributed by atoms with Crippen LogP contribution in [0.15, 0.2) is 54.6 Å². The Morgan fingerprint density at radius 2 is 1.67 bits per heavy atom. The smallest absolute Gasteiger partial charge is 0.174 e. The summed E-state index contributed by atoms with van der Waals surface area (Å²) in [4.78, 5) is 11.7. The lowest BCUT2D eigenvalue weighted by Crippen LogP contribution is -2.13. The summed E-state index contributed by atoms with van der Waals surface area (Å²) in [5, 5.41) is 0. The number of hydrogen-bond acceptors (Lipinski definition) is 2. The van der Waals surface area contributed by atoms with E-state index >= 15 is 0 Å². The molecule has 92 valence electrons. The van der Waals surface area contributed by atoms with Crippen LogP contribution in [-0.4, -0.2) is 12.4 Å². The molecule has 0 fully saturated rings. The van der Waals surface area contributed by atoms with Crippen molar-refractivity contribution in [2.24, 2.45) is 0 Å². The van der Waals surface area contributed by atoms with Crippen LogP contribution in [0.4, 0.5) is 4.39 Å². The quantitative estimate of drug-likeness (QED) is 0.808. The van der Waals surface area contributed by atoms with Gasteiger partial charge < -0.3 is 4.74 Å². The topological polar surface area (TPSA) is 26.3 Å². The minimum absolute atomic E-state index is 0.000522. The summed E-state index contributed by atoms with van der Waals surface area (Å²) in [7, 11) is 0. The van der Waals surface area contributed by atoms with E-state index in [2.05, 4.69) is 0 Å². The summed E-state index contributed by atoms with van der Waals surface area (Å²) in [5.41, 5.74) is 0.963. The summed E-state index contributed by atoms with van der Waals surface area (Å²) < 4.78 is 17.9. The molecule has 0 heterocycles. The predicted octanol–water partition coefficient (Wildman–Crippen LogP) is 3.02. The predicted molar refractivity (Wildman–Crippen MR) is 67.0 cm³/mol. The molecule has 2 aromatic rings. The first-order chi connectivity index (χ1) is 8.74. The molecule has 2 aromatic carbocycles. The number of carbonyl (C=O) groups is 1. The molecule has 0 aliphatic rings. The van der Waals surface area contributed by atoms with E-state index in [1.54, 1.807) is 0 Å². The van der Waals surface area contributed by atoms with Crippen LogP contribution in [0.3, 0.4) is 0 Å². The van der Waals surface area contributed by atoms with Crippen molar-refractivity contribution in [1.82, 2.24) is 0 Å². The Morgan fingerprint density at radius 3 is 2.33 bits per heavy atom. The van der Waals surface area contributed by atoms with Gasteiger partial charge in [-0.15, -0.1) is 0 Å². The molecule has 0 aliphatic heterocycles. The van der Waals surface area contributed by atoms with Crippen molar-refractivity contribution < 1.29 is 13.9 Å². The number of hydrogen-bond donors (Lipinski definition) is 0. The monoisotopic (exact) mass is 244 g/mol. The number of Topliss-reactive ketones (excluding diaryl/α,β-unsaturated/α-hetero) is 1. The zero-order valence-corrected chi connectivity index (χ0v) is 9.80. The van der Waals surface area contributed by atoms with E-state index < -0.39 is 0 Å². The number of halogens is 1. The summed E-state index contributed by atoms with van der Waals surface area (Å²) in [6.45, 7) is 0.000522. The third kappa shape index (κ3) is 3.70. The maximum absolute atomic E-state index is 12.7. The zero-order valence-electron chi connectivity index (χ0n) is 9.80. The van der Waals surface area contributed by atoms with Gasteiger partial charge in [0.2, 0.25) is 0 Å². The van der Waals surface area contributed by atoms with E-state index in [9.17, 15) is 9.18 Å². The summed E-state index contributed by atoms with van der Waals surface area (Å²) in [6.07, 6.45) is 0.349. The van der Waals surface area contributed by atoms with E-state index in [0.29, 0.717) is 12.2 Å². The summed E-state index contributed by atoms with van der Waals surface area (Å²) in [6, 6.07) is 15.1. The lowest BCUT2D eigenvalue weighted by Gasteiger charge is -2.05. The molecule has 0 saturated heterocycles. The largest absolute Gasteiger partial charge is 0.486 e. The minimum atomic E-state index is -0.321. The van der Waals surface area contributed by atoms with E-state index in [4.69, 9.17) is 4.74 Å². The average molecular weight is 244 g/mol. The molecule has 0 spiro atoms. The maximum Gasteiger partial charge on any atom is 0.174 e. The fourth-order valence-corrected chi connectivity index (χ4v) is 1.57. The van der Waals surface area contributed by atoms with Gasteiger partial charge in [-0.3, -0.25) is 4.79 Å². The normalized spacial score (nSPS) is 10.1. The van der Waals surface area contributed by atoms with Gasteiger partial charge in [-0.25, -0.2) is 4.39 Å². The SMILES string of the molecule is O=C(COc1ccc(F)cc1)Cc1ccccc1. The summed E-state index contributed by atoms with van der Waals surface area (Å²) >= 11 is 0. The average Bonchev–Trinajstić information content (AvgIpc) is 2.39. The molecule has 0 bridgehead atoms. The van der Waals surface area contributed by atoms with Gasteiger partial charge in [0.05, 0.1) is 0 Å². The van der Waals surface area contributed by atoms with Gasteiger partial charge in [0.1, 0.15) is 18.2 Å². The Kier molecular flexibility index (Phi) is 4.07. The third-order valence-electron chi connectivity index (χ3n) is 2.46. The molecule has 0 radical (unpaired) electrons. The Morgan fingerprint density at radius 1 is 1.00 bits per heavy atom. The molecule has 0 amide bonds. The molecule has 0 atom stereocenters. The standard InChI is InChI=1S/C15H13FO2/c16-13-6-8-15(9-7-13)18-11-14(17)10-12-4-2-1-3-5-12/h1-9H,10-11H2. The van der Waals surface area contributed by atoms with E-state index in [1.807, 2.05) is 30.3 Å². The molecule has 2 rings (SSSR count). The first-order valence-corrected chi connectivity index (χ1v) is 5.68.